The van der Waals surface area contributed by atoms with Gasteiger partial charge in [0.1, 0.15) is 0 Å². The molecule has 1 aliphatic heterocycles. The number of nitrogens with one attached hydrogen (secondary N) is 1. The van der Waals surface area contributed by atoms with Gasteiger partial charge in [0.2, 0.25) is 5.91 Å². The van der Waals surface area contributed by atoms with Gasteiger partial charge in [-0.3, -0.25) is 4.79 Å². The van der Waals surface area contributed by atoms with E-state index >= 15 is 0 Å². The summed E-state index contributed by atoms with van der Waals surface area (Å²) in [6, 6.07) is 14.1. The molecule has 0 saturated heterocycles. The molecule has 1 aromatic heterocycles. The number of aromatic nitrogens is 1. The van der Waals surface area contributed by atoms with Crippen LogP contribution in [0.3, 0.4) is 0 Å². The fourth-order valence-electron chi connectivity index (χ4n) is 4.30. The highest BCUT2D eigenvalue weighted by Gasteiger charge is 2.28. The molecule has 3 aromatic rings. The zero-order valence-corrected chi connectivity index (χ0v) is 17.2. The number of hydrogen-bond acceptors (Lipinski definition) is 2. The number of halogens is 1. The van der Waals surface area contributed by atoms with Crippen LogP contribution in [-0.2, 0) is 17.6 Å². The van der Waals surface area contributed by atoms with Crippen molar-refractivity contribution in [2.24, 2.45) is 5.92 Å². The topological polar surface area (TPSA) is 39.3 Å². The summed E-state index contributed by atoms with van der Waals surface area (Å²) in [5.41, 5.74) is 4.51. The van der Waals surface area contributed by atoms with Gasteiger partial charge in [-0.15, -0.1) is 0 Å². The number of nitrogens with zero attached hydrogens (tertiary/aromatic N) is 2. The highest BCUT2D eigenvalue weighted by Crippen LogP contribution is 2.33. The van der Waals surface area contributed by atoms with Gasteiger partial charge in [-0.2, -0.15) is 0 Å². The SMILES string of the molecule is CN(C)C[C@H]1Cc2cc(Cl)ccc2N(C(=O)CCc2c[nH]c3ccccc23)C1. The Morgan fingerprint density at radius 3 is 2.89 bits per heavy atom. The number of para-hydroxylation sites is 1. The van der Waals surface area contributed by atoms with Gasteiger partial charge in [-0.05, 0) is 68.2 Å². The van der Waals surface area contributed by atoms with Crippen LogP contribution in [0.1, 0.15) is 17.5 Å². The van der Waals surface area contributed by atoms with Crippen molar-refractivity contribution >= 4 is 34.1 Å². The molecular formula is C23H26ClN3O. The first-order valence-corrected chi connectivity index (χ1v) is 10.2. The van der Waals surface area contributed by atoms with Gasteiger partial charge < -0.3 is 14.8 Å². The number of H-pyrrole nitrogens is 1. The van der Waals surface area contributed by atoms with Crippen molar-refractivity contribution in [3.05, 3.63) is 64.8 Å². The average Bonchev–Trinajstić information content (AvgIpc) is 3.08. The minimum atomic E-state index is 0.178. The van der Waals surface area contributed by atoms with E-state index < -0.39 is 0 Å². The summed E-state index contributed by atoms with van der Waals surface area (Å²) in [5, 5.41) is 1.93. The summed E-state index contributed by atoms with van der Waals surface area (Å²) in [6.07, 6.45) is 4.22. The minimum Gasteiger partial charge on any atom is -0.361 e. The van der Waals surface area contributed by atoms with E-state index in [2.05, 4.69) is 36.1 Å². The molecule has 0 bridgehead atoms. The van der Waals surface area contributed by atoms with E-state index in [4.69, 9.17) is 11.6 Å². The fraction of sp³-hybridized carbons (Fsp3) is 0.348. The largest absolute Gasteiger partial charge is 0.361 e. The van der Waals surface area contributed by atoms with Gasteiger partial charge >= 0.3 is 0 Å². The highest BCUT2D eigenvalue weighted by molar-refractivity contribution is 6.30. The van der Waals surface area contributed by atoms with Gasteiger partial charge in [-0.1, -0.05) is 29.8 Å². The van der Waals surface area contributed by atoms with Crippen molar-refractivity contribution in [2.75, 3.05) is 32.1 Å². The summed E-state index contributed by atoms with van der Waals surface area (Å²) in [6.45, 7) is 1.72. The van der Waals surface area contributed by atoms with Crippen molar-refractivity contribution in [3.63, 3.8) is 0 Å². The summed E-state index contributed by atoms with van der Waals surface area (Å²) < 4.78 is 0. The van der Waals surface area contributed by atoms with Crippen molar-refractivity contribution in [2.45, 2.75) is 19.3 Å². The molecule has 1 N–H and O–H groups in total. The minimum absolute atomic E-state index is 0.178. The Balaban J connectivity index is 1.53. The van der Waals surface area contributed by atoms with E-state index in [1.807, 2.05) is 41.4 Å². The second-order valence-corrected chi connectivity index (χ2v) is 8.41. The molecule has 0 unspecified atom stereocenters. The van der Waals surface area contributed by atoms with Crippen LogP contribution in [0.15, 0.2) is 48.7 Å². The second kappa shape index (κ2) is 7.98. The van der Waals surface area contributed by atoms with Crippen LogP contribution in [0.2, 0.25) is 5.02 Å². The van der Waals surface area contributed by atoms with Gasteiger partial charge in [0.15, 0.2) is 0 Å². The standard InChI is InChI=1S/C23H26ClN3O/c1-26(2)14-16-11-18-12-19(24)8-9-22(18)27(15-16)23(28)10-7-17-13-25-21-6-4-3-5-20(17)21/h3-6,8-9,12-13,16,25H,7,10-11,14-15H2,1-2H3/t16-/m1/s1. The lowest BCUT2D eigenvalue weighted by Gasteiger charge is -2.36. The molecule has 0 fully saturated rings. The van der Waals surface area contributed by atoms with Crippen LogP contribution in [0.4, 0.5) is 5.69 Å². The molecule has 4 rings (SSSR count). The van der Waals surface area contributed by atoms with Crippen LogP contribution in [0.25, 0.3) is 10.9 Å². The smallest absolute Gasteiger partial charge is 0.227 e. The van der Waals surface area contributed by atoms with E-state index in [-0.39, 0.29) is 5.91 Å². The predicted octanol–water partition coefficient (Wildman–Crippen LogP) is 4.52. The number of carbonyl (C=O) groups is 1. The van der Waals surface area contributed by atoms with Gasteiger partial charge in [0.05, 0.1) is 0 Å². The maximum Gasteiger partial charge on any atom is 0.227 e. The molecule has 146 valence electrons. The number of aryl methyl sites for hydroxylation is 1. The van der Waals surface area contributed by atoms with Crippen molar-refractivity contribution < 1.29 is 4.79 Å². The molecule has 28 heavy (non-hydrogen) atoms. The van der Waals surface area contributed by atoms with E-state index in [0.29, 0.717) is 12.3 Å². The van der Waals surface area contributed by atoms with Crippen molar-refractivity contribution in [1.82, 2.24) is 9.88 Å². The summed E-state index contributed by atoms with van der Waals surface area (Å²) in [4.78, 5) is 20.6. The first-order chi connectivity index (χ1) is 13.5. The maximum atomic E-state index is 13.2. The zero-order valence-electron chi connectivity index (χ0n) is 16.4. The Bertz CT molecular complexity index is 994. The maximum absolute atomic E-state index is 13.2. The Morgan fingerprint density at radius 2 is 2.07 bits per heavy atom. The number of fused-ring (bicyclic) bond motifs is 2. The third-order valence-corrected chi connectivity index (χ3v) is 5.72. The fourth-order valence-corrected chi connectivity index (χ4v) is 4.50. The van der Waals surface area contributed by atoms with Crippen LogP contribution in [0, 0.1) is 5.92 Å². The number of anilines is 1. The lowest BCUT2D eigenvalue weighted by Crippen LogP contribution is -2.43. The van der Waals surface area contributed by atoms with E-state index in [1.54, 1.807) is 0 Å². The van der Waals surface area contributed by atoms with Gasteiger partial charge in [0, 0.05) is 47.3 Å². The lowest BCUT2D eigenvalue weighted by molar-refractivity contribution is -0.118. The molecule has 4 nitrogen and oxygen atoms in total. The van der Waals surface area contributed by atoms with Crippen LogP contribution < -0.4 is 4.90 Å². The monoisotopic (exact) mass is 395 g/mol. The Kier molecular flexibility index (Phi) is 5.42. The molecule has 1 amide bonds. The number of aromatic amines is 1. The quantitative estimate of drug-likeness (QED) is 0.689. The zero-order chi connectivity index (χ0) is 19.7. The van der Waals surface area contributed by atoms with Crippen LogP contribution in [-0.4, -0.2) is 43.0 Å². The summed E-state index contributed by atoms with van der Waals surface area (Å²) in [7, 11) is 4.16. The summed E-state index contributed by atoms with van der Waals surface area (Å²) in [5.74, 6) is 0.593. The number of rotatable bonds is 5. The number of carbonyl (C=O) groups excluding carboxylic acids is 1. The molecule has 5 heteroatoms. The van der Waals surface area contributed by atoms with Crippen LogP contribution in [0.5, 0.6) is 0 Å². The molecule has 0 aliphatic carbocycles. The molecule has 0 radical (unpaired) electrons. The Hall–Kier alpha value is -2.30. The number of amides is 1. The Morgan fingerprint density at radius 1 is 1.25 bits per heavy atom. The van der Waals surface area contributed by atoms with Crippen LogP contribution >= 0.6 is 11.6 Å². The summed E-state index contributed by atoms with van der Waals surface area (Å²) >= 11 is 6.22. The molecule has 1 aliphatic rings. The normalized spacial score (nSPS) is 16.6. The van der Waals surface area contributed by atoms with Gasteiger partial charge in [0.25, 0.3) is 0 Å². The van der Waals surface area contributed by atoms with E-state index in [0.717, 1.165) is 42.2 Å². The first kappa shape index (κ1) is 19.0. The third-order valence-electron chi connectivity index (χ3n) is 5.49. The van der Waals surface area contributed by atoms with Gasteiger partial charge in [-0.25, -0.2) is 0 Å². The number of hydrogen-bond donors (Lipinski definition) is 1. The van der Waals surface area contributed by atoms with Crippen molar-refractivity contribution in [1.29, 1.82) is 0 Å². The van der Waals surface area contributed by atoms with Crippen molar-refractivity contribution in [3.8, 4) is 0 Å². The first-order valence-electron chi connectivity index (χ1n) is 9.80. The molecule has 0 saturated carbocycles. The molecule has 2 heterocycles. The van der Waals surface area contributed by atoms with E-state index in [9.17, 15) is 4.79 Å². The van der Waals surface area contributed by atoms with E-state index in [1.165, 1.54) is 16.5 Å². The molecule has 1 atom stereocenters. The highest BCUT2D eigenvalue weighted by atomic mass is 35.5. The predicted molar refractivity (Wildman–Crippen MR) is 116 cm³/mol. The molecule has 0 spiro atoms. The molecular weight excluding hydrogens is 370 g/mol. The Labute approximate surface area is 171 Å². The second-order valence-electron chi connectivity index (χ2n) is 7.97. The average molecular weight is 396 g/mol. The molecule has 2 aromatic carbocycles. The number of benzene rings is 2. The lowest BCUT2D eigenvalue weighted by atomic mass is 9.91. The third kappa shape index (κ3) is 3.94.